The third-order valence-electron chi connectivity index (χ3n) is 5.49. The smallest absolute Gasteiger partial charge is 0.290 e. The van der Waals surface area contributed by atoms with Crippen LogP contribution in [-0.2, 0) is 16.1 Å². The third kappa shape index (κ3) is 4.96. The summed E-state index contributed by atoms with van der Waals surface area (Å²) in [5.74, 6) is -0.333. The highest BCUT2D eigenvalue weighted by molar-refractivity contribution is 6.09. The first-order valence-corrected chi connectivity index (χ1v) is 11.0. The summed E-state index contributed by atoms with van der Waals surface area (Å²) in [6.45, 7) is 6.61. The molecule has 1 aliphatic heterocycles. The Kier molecular flexibility index (Phi) is 7.23. The fourth-order valence-corrected chi connectivity index (χ4v) is 3.98. The number of carbonyl (C=O) groups is 2. The fourth-order valence-electron chi connectivity index (χ4n) is 3.98. The number of ether oxygens (including phenoxy) is 1. The van der Waals surface area contributed by atoms with Gasteiger partial charge >= 0.3 is 0 Å². The van der Waals surface area contributed by atoms with E-state index in [2.05, 4.69) is 0 Å². The lowest BCUT2D eigenvalue weighted by Gasteiger charge is -2.27. The molecule has 0 aromatic heterocycles. The minimum atomic E-state index is -0.638. The van der Waals surface area contributed by atoms with E-state index in [-0.39, 0.29) is 30.2 Å². The Balaban J connectivity index is 2.02. The number of carbonyl (C=O) groups excluding carboxylic acids is 2. The van der Waals surface area contributed by atoms with Gasteiger partial charge in [-0.25, -0.2) is 0 Å². The largest absolute Gasteiger partial charge is 0.503 e. The molecule has 2 aromatic carbocycles. The van der Waals surface area contributed by atoms with Gasteiger partial charge in [0.05, 0.1) is 18.2 Å². The minimum absolute atomic E-state index is 0.117. The number of ketones is 1. The summed E-state index contributed by atoms with van der Waals surface area (Å²) < 4.78 is 5.59. The number of aliphatic hydroxyl groups excluding tert-OH is 1. The predicted molar refractivity (Wildman–Crippen MR) is 126 cm³/mol. The monoisotopic (exact) mass is 436 g/mol. The Morgan fingerprint density at radius 3 is 2.44 bits per heavy atom. The summed E-state index contributed by atoms with van der Waals surface area (Å²) in [4.78, 5) is 29.7. The van der Waals surface area contributed by atoms with Crippen LogP contribution in [0.15, 0.2) is 59.9 Å². The average molecular weight is 437 g/mol. The fraction of sp³-hybridized carbons (Fsp3) is 0.385. The number of anilines is 1. The van der Waals surface area contributed by atoms with E-state index in [0.717, 1.165) is 22.6 Å². The zero-order valence-electron chi connectivity index (χ0n) is 19.5. The molecule has 0 bridgehead atoms. The van der Waals surface area contributed by atoms with Crippen LogP contribution in [0.25, 0.3) is 0 Å². The van der Waals surface area contributed by atoms with Crippen LogP contribution in [0, 0.1) is 5.92 Å². The molecule has 3 rings (SSSR count). The predicted octanol–water partition coefficient (Wildman–Crippen LogP) is 4.66. The lowest BCUT2D eigenvalue weighted by atomic mass is 9.92. The van der Waals surface area contributed by atoms with Crippen molar-refractivity contribution >= 4 is 17.4 Å². The summed E-state index contributed by atoms with van der Waals surface area (Å²) in [5, 5.41) is 10.7. The summed E-state index contributed by atoms with van der Waals surface area (Å²) in [5.41, 5.74) is 2.85. The van der Waals surface area contributed by atoms with E-state index in [4.69, 9.17) is 4.74 Å². The molecule has 1 heterocycles. The van der Waals surface area contributed by atoms with Crippen molar-refractivity contribution in [2.45, 2.75) is 39.8 Å². The highest BCUT2D eigenvalue weighted by atomic mass is 16.5. The molecule has 1 aliphatic rings. The van der Waals surface area contributed by atoms with E-state index in [1.807, 2.05) is 88.3 Å². The van der Waals surface area contributed by atoms with Gasteiger partial charge in [-0.1, -0.05) is 38.1 Å². The van der Waals surface area contributed by atoms with Crippen LogP contribution >= 0.6 is 0 Å². The second-order valence-electron chi connectivity index (χ2n) is 8.69. The Labute approximate surface area is 190 Å². The van der Waals surface area contributed by atoms with E-state index >= 15 is 0 Å². The van der Waals surface area contributed by atoms with Crippen LogP contribution in [0.4, 0.5) is 5.69 Å². The molecule has 0 aliphatic carbocycles. The van der Waals surface area contributed by atoms with Gasteiger partial charge in [-0.2, -0.15) is 0 Å². The van der Waals surface area contributed by atoms with E-state index in [1.54, 1.807) is 4.90 Å². The number of rotatable bonds is 9. The van der Waals surface area contributed by atoms with Crippen molar-refractivity contribution in [1.29, 1.82) is 0 Å². The lowest BCUT2D eigenvalue weighted by molar-refractivity contribution is -0.130. The molecule has 1 N–H and O–H groups in total. The molecular weight excluding hydrogens is 404 g/mol. The van der Waals surface area contributed by atoms with Crippen LogP contribution in [0.1, 0.15) is 44.4 Å². The summed E-state index contributed by atoms with van der Waals surface area (Å²) in [6, 6.07) is 14.6. The van der Waals surface area contributed by atoms with Gasteiger partial charge in [0.15, 0.2) is 11.5 Å². The van der Waals surface area contributed by atoms with Crippen molar-refractivity contribution in [3.8, 4) is 5.75 Å². The zero-order valence-corrected chi connectivity index (χ0v) is 19.5. The van der Waals surface area contributed by atoms with Crippen LogP contribution < -0.4 is 9.64 Å². The maximum absolute atomic E-state index is 13.1. The molecule has 1 atom stereocenters. The molecule has 0 fully saturated rings. The second kappa shape index (κ2) is 9.90. The van der Waals surface area contributed by atoms with Gasteiger partial charge in [0.25, 0.3) is 5.91 Å². The van der Waals surface area contributed by atoms with Gasteiger partial charge in [-0.3, -0.25) is 9.59 Å². The normalized spacial score (nSPS) is 16.1. The average Bonchev–Trinajstić information content (AvgIpc) is 2.99. The molecule has 0 saturated carbocycles. The SMILES string of the molecule is CCOc1cccc(CN2C(=O)C(O)=C(C(=O)CC(C)C)C2c2ccc(N(C)C)cc2)c1. The number of hydrogen-bond acceptors (Lipinski definition) is 5. The van der Waals surface area contributed by atoms with Crippen LogP contribution in [0.5, 0.6) is 5.75 Å². The number of amides is 1. The Morgan fingerprint density at radius 2 is 1.84 bits per heavy atom. The Bertz CT molecular complexity index is 1010. The molecule has 32 heavy (non-hydrogen) atoms. The first-order chi connectivity index (χ1) is 15.2. The van der Waals surface area contributed by atoms with Crippen molar-refractivity contribution in [2.75, 3.05) is 25.6 Å². The van der Waals surface area contributed by atoms with E-state index < -0.39 is 17.7 Å². The number of benzene rings is 2. The van der Waals surface area contributed by atoms with Crippen molar-refractivity contribution < 1.29 is 19.4 Å². The second-order valence-corrected chi connectivity index (χ2v) is 8.69. The van der Waals surface area contributed by atoms with Crippen molar-refractivity contribution in [3.05, 3.63) is 71.0 Å². The van der Waals surface area contributed by atoms with Crippen LogP contribution in [-0.4, -0.2) is 42.4 Å². The van der Waals surface area contributed by atoms with Crippen molar-refractivity contribution in [2.24, 2.45) is 5.92 Å². The molecule has 6 heteroatoms. The maximum Gasteiger partial charge on any atom is 0.290 e. The van der Waals surface area contributed by atoms with Gasteiger partial charge in [0.1, 0.15) is 5.75 Å². The molecule has 0 spiro atoms. The first-order valence-electron chi connectivity index (χ1n) is 11.0. The molecule has 2 aromatic rings. The standard InChI is InChI=1S/C26H32N2O4/c1-6-32-21-9-7-8-18(15-21)16-28-24(19-10-12-20(13-11-19)27(4)5)23(25(30)26(28)31)22(29)14-17(2)3/h7-13,15,17,24,30H,6,14,16H2,1-5H3. The van der Waals surface area contributed by atoms with Gasteiger partial charge in [0, 0.05) is 32.7 Å². The quantitative estimate of drug-likeness (QED) is 0.619. The Morgan fingerprint density at radius 1 is 1.16 bits per heavy atom. The number of nitrogens with zero attached hydrogens (tertiary/aromatic N) is 2. The van der Waals surface area contributed by atoms with Gasteiger partial charge in [-0.15, -0.1) is 0 Å². The van der Waals surface area contributed by atoms with E-state index in [9.17, 15) is 14.7 Å². The number of aliphatic hydroxyl groups is 1. The zero-order chi connectivity index (χ0) is 23.4. The minimum Gasteiger partial charge on any atom is -0.503 e. The van der Waals surface area contributed by atoms with Gasteiger partial charge < -0.3 is 19.6 Å². The maximum atomic E-state index is 13.1. The molecule has 1 amide bonds. The summed E-state index contributed by atoms with van der Waals surface area (Å²) in [7, 11) is 3.91. The molecule has 1 unspecified atom stereocenters. The lowest BCUT2D eigenvalue weighted by Crippen LogP contribution is -2.30. The van der Waals surface area contributed by atoms with Crippen molar-refractivity contribution in [3.63, 3.8) is 0 Å². The molecule has 0 saturated heterocycles. The highest BCUT2D eigenvalue weighted by Gasteiger charge is 2.43. The molecule has 170 valence electrons. The Hall–Kier alpha value is -3.28. The third-order valence-corrected chi connectivity index (χ3v) is 5.49. The van der Waals surface area contributed by atoms with Crippen molar-refractivity contribution in [1.82, 2.24) is 4.90 Å². The van der Waals surface area contributed by atoms with E-state index in [0.29, 0.717) is 6.61 Å². The molecular formula is C26H32N2O4. The van der Waals surface area contributed by atoms with Crippen LogP contribution in [0.3, 0.4) is 0 Å². The van der Waals surface area contributed by atoms with E-state index in [1.165, 1.54) is 0 Å². The van der Waals surface area contributed by atoms with Gasteiger partial charge in [0.2, 0.25) is 0 Å². The highest BCUT2D eigenvalue weighted by Crippen LogP contribution is 2.40. The molecule has 0 radical (unpaired) electrons. The summed E-state index contributed by atoms with van der Waals surface area (Å²) >= 11 is 0. The van der Waals surface area contributed by atoms with Crippen LogP contribution in [0.2, 0.25) is 0 Å². The number of hydrogen-bond donors (Lipinski definition) is 1. The van der Waals surface area contributed by atoms with Gasteiger partial charge in [-0.05, 0) is 48.2 Å². The first kappa shape index (κ1) is 23.4. The number of Topliss-reactive ketones (excluding diaryl/α,β-unsaturated/α-hetero) is 1. The summed E-state index contributed by atoms with van der Waals surface area (Å²) in [6.07, 6.45) is 0.270. The topological polar surface area (TPSA) is 70.1 Å². The molecule has 6 nitrogen and oxygen atoms in total.